The van der Waals surface area contributed by atoms with E-state index in [-0.39, 0.29) is 0 Å². The standard InChI is InChI=1S/C21H34/c1-18(2)13-16-11-9-10-12-17(16)14-19(3,4)21(7,8)15-20(18,5)6/h9-12H,13-15H2,1-8H3. The average Bonchev–Trinajstić information content (AvgIpc) is 2.29. The molecule has 1 aromatic rings. The highest BCUT2D eigenvalue weighted by molar-refractivity contribution is 5.30. The van der Waals surface area contributed by atoms with Gasteiger partial charge < -0.3 is 0 Å². The van der Waals surface area contributed by atoms with Gasteiger partial charge in [-0.25, -0.2) is 0 Å². The number of fused-ring (bicyclic) bond motifs is 1. The van der Waals surface area contributed by atoms with Crippen molar-refractivity contribution in [2.24, 2.45) is 21.7 Å². The smallest absolute Gasteiger partial charge is 0.0219 e. The maximum atomic E-state index is 2.47. The van der Waals surface area contributed by atoms with Gasteiger partial charge in [0.15, 0.2) is 0 Å². The van der Waals surface area contributed by atoms with Crippen LogP contribution < -0.4 is 0 Å². The third kappa shape index (κ3) is 2.91. The molecule has 0 heterocycles. The van der Waals surface area contributed by atoms with E-state index in [9.17, 15) is 0 Å². The van der Waals surface area contributed by atoms with Gasteiger partial charge in [0.05, 0.1) is 0 Å². The Morgan fingerprint density at radius 2 is 0.905 bits per heavy atom. The SMILES string of the molecule is CC1(C)Cc2ccccc2CC(C)(C)C(C)(C)CC1(C)C. The van der Waals surface area contributed by atoms with Gasteiger partial charge in [0.1, 0.15) is 0 Å². The van der Waals surface area contributed by atoms with Crippen molar-refractivity contribution < 1.29 is 0 Å². The van der Waals surface area contributed by atoms with Crippen LogP contribution in [0, 0.1) is 21.7 Å². The van der Waals surface area contributed by atoms with Gasteiger partial charge in [-0.2, -0.15) is 0 Å². The summed E-state index contributed by atoms with van der Waals surface area (Å²) in [4.78, 5) is 0. The summed E-state index contributed by atoms with van der Waals surface area (Å²) in [6, 6.07) is 9.11. The molecule has 0 nitrogen and oxygen atoms in total. The molecule has 0 N–H and O–H groups in total. The molecule has 0 fully saturated rings. The number of benzene rings is 1. The van der Waals surface area contributed by atoms with Crippen molar-refractivity contribution >= 4 is 0 Å². The van der Waals surface area contributed by atoms with Gasteiger partial charge in [-0.05, 0) is 52.0 Å². The van der Waals surface area contributed by atoms with Crippen LogP contribution in [0.5, 0.6) is 0 Å². The van der Waals surface area contributed by atoms with E-state index in [1.165, 1.54) is 19.3 Å². The summed E-state index contributed by atoms with van der Waals surface area (Å²) >= 11 is 0. The quantitative estimate of drug-likeness (QED) is 0.526. The first-order chi connectivity index (χ1) is 9.38. The van der Waals surface area contributed by atoms with E-state index >= 15 is 0 Å². The highest BCUT2D eigenvalue weighted by Crippen LogP contribution is 2.55. The second-order valence-corrected chi connectivity index (χ2v) is 9.83. The van der Waals surface area contributed by atoms with E-state index in [2.05, 4.69) is 79.7 Å². The normalized spacial score (nSPS) is 26.1. The molecule has 0 atom stereocenters. The molecule has 1 aliphatic rings. The number of hydrogen-bond acceptors (Lipinski definition) is 0. The van der Waals surface area contributed by atoms with Crippen molar-refractivity contribution in [2.75, 3.05) is 0 Å². The molecule has 0 unspecified atom stereocenters. The molecule has 0 saturated carbocycles. The second kappa shape index (κ2) is 4.86. The lowest BCUT2D eigenvalue weighted by atomic mass is 9.55. The maximum absolute atomic E-state index is 2.47. The minimum Gasteiger partial charge on any atom is -0.0620 e. The van der Waals surface area contributed by atoms with Gasteiger partial charge in [0.25, 0.3) is 0 Å². The molecule has 0 saturated heterocycles. The monoisotopic (exact) mass is 286 g/mol. The molecular weight excluding hydrogens is 252 g/mol. The molecule has 0 radical (unpaired) electrons. The molecule has 0 spiro atoms. The van der Waals surface area contributed by atoms with E-state index in [1.54, 1.807) is 11.1 Å². The highest BCUT2D eigenvalue weighted by Gasteiger charge is 2.47. The molecule has 21 heavy (non-hydrogen) atoms. The second-order valence-electron chi connectivity index (χ2n) is 9.83. The van der Waals surface area contributed by atoms with Crippen LogP contribution in [-0.2, 0) is 12.8 Å². The van der Waals surface area contributed by atoms with Crippen molar-refractivity contribution in [3.8, 4) is 0 Å². The maximum Gasteiger partial charge on any atom is -0.0219 e. The lowest BCUT2D eigenvalue weighted by Gasteiger charge is -2.50. The number of rotatable bonds is 0. The predicted molar refractivity (Wildman–Crippen MR) is 93.6 cm³/mol. The lowest BCUT2D eigenvalue weighted by molar-refractivity contribution is -0.000907. The minimum atomic E-state index is 0.306. The van der Waals surface area contributed by atoms with E-state index in [0.717, 1.165) is 0 Å². The summed E-state index contributed by atoms with van der Waals surface area (Å²) in [5.41, 5.74) is 4.38. The van der Waals surface area contributed by atoms with E-state index in [0.29, 0.717) is 21.7 Å². The molecule has 0 aliphatic heterocycles. The fourth-order valence-electron chi connectivity index (χ4n) is 3.92. The molecular formula is C21H34. The molecule has 2 rings (SSSR count). The molecule has 1 aliphatic carbocycles. The predicted octanol–water partition coefficient (Wildman–Crippen LogP) is 6.28. The van der Waals surface area contributed by atoms with Gasteiger partial charge in [-0.1, -0.05) is 79.7 Å². The van der Waals surface area contributed by atoms with Crippen LogP contribution in [-0.4, -0.2) is 0 Å². The van der Waals surface area contributed by atoms with Crippen LogP contribution in [0.25, 0.3) is 0 Å². The molecule has 118 valence electrons. The largest absolute Gasteiger partial charge is 0.0620 e. The summed E-state index contributed by atoms with van der Waals surface area (Å²) in [6.45, 7) is 19.7. The summed E-state index contributed by atoms with van der Waals surface area (Å²) < 4.78 is 0. The Morgan fingerprint density at radius 1 is 0.571 bits per heavy atom. The van der Waals surface area contributed by atoms with E-state index in [4.69, 9.17) is 0 Å². The Balaban J connectivity index is 2.61. The third-order valence-electron chi connectivity index (χ3n) is 6.93. The van der Waals surface area contributed by atoms with E-state index in [1.807, 2.05) is 0 Å². The van der Waals surface area contributed by atoms with Crippen LogP contribution in [0.4, 0.5) is 0 Å². The Labute approximate surface area is 132 Å². The van der Waals surface area contributed by atoms with Gasteiger partial charge in [-0.3, -0.25) is 0 Å². The topological polar surface area (TPSA) is 0 Å². The average molecular weight is 287 g/mol. The fraction of sp³-hybridized carbons (Fsp3) is 0.714. The highest BCUT2D eigenvalue weighted by atomic mass is 14.5. The first kappa shape index (κ1) is 16.6. The Hall–Kier alpha value is -0.780. The van der Waals surface area contributed by atoms with Gasteiger partial charge in [0, 0.05) is 0 Å². The Kier molecular flexibility index (Phi) is 3.84. The third-order valence-corrected chi connectivity index (χ3v) is 6.93. The zero-order valence-electron chi connectivity index (χ0n) is 15.4. The molecule has 0 heteroatoms. The van der Waals surface area contributed by atoms with Crippen LogP contribution in [0.1, 0.15) is 72.9 Å². The van der Waals surface area contributed by atoms with Crippen molar-refractivity contribution in [2.45, 2.75) is 74.7 Å². The van der Waals surface area contributed by atoms with Crippen molar-refractivity contribution in [3.05, 3.63) is 35.4 Å². The van der Waals surface area contributed by atoms with Crippen LogP contribution in [0.3, 0.4) is 0 Å². The zero-order valence-corrected chi connectivity index (χ0v) is 15.4. The molecule has 0 bridgehead atoms. The zero-order chi connectivity index (χ0) is 16.1. The van der Waals surface area contributed by atoms with Crippen LogP contribution in [0.2, 0.25) is 0 Å². The summed E-state index contributed by atoms with van der Waals surface area (Å²) in [6.07, 6.45) is 3.64. The first-order valence-corrected chi connectivity index (χ1v) is 8.45. The minimum absolute atomic E-state index is 0.306. The van der Waals surface area contributed by atoms with Crippen molar-refractivity contribution in [1.29, 1.82) is 0 Å². The first-order valence-electron chi connectivity index (χ1n) is 8.45. The van der Waals surface area contributed by atoms with Gasteiger partial charge in [0.2, 0.25) is 0 Å². The van der Waals surface area contributed by atoms with Gasteiger partial charge >= 0.3 is 0 Å². The molecule has 0 amide bonds. The van der Waals surface area contributed by atoms with Gasteiger partial charge in [-0.15, -0.1) is 0 Å². The van der Waals surface area contributed by atoms with Crippen LogP contribution >= 0.6 is 0 Å². The van der Waals surface area contributed by atoms with E-state index < -0.39 is 0 Å². The lowest BCUT2D eigenvalue weighted by Crippen LogP contribution is -2.42. The summed E-state index contributed by atoms with van der Waals surface area (Å²) in [5.74, 6) is 0. The van der Waals surface area contributed by atoms with Crippen molar-refractivity contribution in [3.63, 3.8) is 0 Å². The summed E-state index contributed by atoms with van der Waals surface area (Å²) in [7, 11) is 0. The fourth-order valence-corrected chi connectivity index (χ4v) is 3.92. The molecule has 1 aromatic carbocycles. The summed E-state index contributed by atoms with van der Waals surface area (Å²) in [5, 5.41) is 0. The Morgan fingerprint density at radius 3 is 1.24 bits per heavy atom. The van der Waals surface area contributed by atoms with Crippen LogP contribution in [0.15, 0.2) is 24.3 Å². The Bertz CT molecular complexity index is 468. The van der Waals surface area contributed by atoms with Crippen molar-refractivity contribution in [1.82, 2.24) is 0 Å². The number of hydrogen-bond donors (Lipinski definition) is 0. The molecule has 0 aromatic heterocycles.